The fraction of sp³-hybridized carbons (Fsp3) is 0.167. The first-order valence-corrected chi connectivity index (χ1v) is 8.24. The van der Waals surface area contributed by atoms with Gasteiger partial charge in [-0.25, -0.2) is 9.78 Å². The molecule has 1 unspecified atom stereocenters. The molecule has 1 aromatic carbocycles. The molecule has 126 valence electrons. The van der Waals surface area contributed by atoms with Crippen molar-refractivity contribution in [3.8, 4) is 17.0 Å². The molecule has 7 heteroatoms. The van der Waals surface area contributed by atoms with E-state index in [0.29, 0.717) is 23.2 Å². The van der Waals surface area contributed by atoms with Crippen LogP contribution in [0.1, 0.15) is 11.6 Å². The zero-order valence-electron chi connectivity index (χ0n) is 13.5. The smallest absolute Gasteiger partial charge is 0.363 e. The molecule has 1 aliphatic rings. The summed E-state index contributed by atoms with van der Waals surface area (Å²) in [5, 5.41) is 14.5. The molecule has 3 heterocycles. The number of benzene rings is 1. The van der Waals surface area contributed by atoms with E-state index in [4.69, 9.17) is 11.6 Å². The predicted molar refractivity (Wildman–Crippen MR) is 94.9 cm³/mol. The fourth-order valence-electron chi connectivity index (χ4n) is 3.23. The lowest BCUT2D eigenvalue weighted by atomic mass is 10.1. The van der Waals surface area contributed by atoms with Gasteiger partial charge in [-0.1, -0.05) is 48.0 Å². The van der Waals surface area contributed by atoms with E-state index in [9.17, 15) is 9.90 Å². The number of anilines is 1. The SMILES string of the molecule is C[n+]1c2n(c(O)c(-c3ccccc3)c1=O)C(c1ccc(Cl)nc1)CN2. The van der Waals surface area contributed by atoms with E-state index >= 15 is 0 Å². The first-order chi connectivity index (χ1) is 12.1. The van der Waals surface area contributed by atoms with Crippen LogP contribution in [0.3, 0.4) is 0 Å². The van der Waals surface area contributed by atoms with Gasteiger partial charge in [0.1, 0.15) is 23.3 Å². The number of hydrogen-bond donors (Lipinski definition) is 2. The summed E-state index contributed by atoms with van der Waals surface area (Å²) in [7, 11) is 1.69. The van der Waals surface area contributed by atoms with E-state index in [1.807, 2.05) is 36.4 Å². The second-order valence-corrected chi connectivity index (χ2v) is 6.32. The Kier molecular flexibility index (Phi) is 3.69. The number of nitrogens with one attached hydrogen (secondary N) is 1. The molecule has 0 spiro atoms. The maximum Gasteiger partial charge on any atom is 0.363 e. The molecule has 2 N–H and O–H groups in total. The quantitative estimate of drug-likeness (QED) is 0.545. The highest BCUT2D eigenvalue weighted by Crippen LogP contribution is 2.35. The lowest BCUT2D eigenvalue weighted by molar-refractivity contribution is -0.674. The highest BCUT2D eigenvalue weighted by molar-refractivity contribution is 6.29. The number of nitrogens with zero attached hydrogens (tertiary/aromatic N) is 3. The summed E-state index contributed by atoms with van der Waals surface area (Å²) in [6, 6.07) is 12.6. The van der Waals surface area contributed by atoms with E-state index in [1.54, 1.807) is 23.9 Å². The molecule has 25 heavy (non-hydrogen) atoms. The van der Waals surface area contributed by atoms with Crippen LogP contribution in [0.2, 0.25) is 5.15 Å². The minimum Gasteiger partial charge on any atom is -0.483 e. The largest absolute Gasteiger partial charge is 0.483 e. The summed E-state index contributed by atoms with van der Waals surface area (Å²) in [5.74, 6) is 0.497. The standard InChI is InChI=1S/C18H15ClN4O2/c1-22-16(24)15(11-5-3-2-4-6-11)17(25)23-13(10-21-18(22)23)12-7-8-14(19)20-9-12/h2-9,13H,10H2,1H3,(H,24,25)/p+1. The van der Waals surface area contributed by atoms with Crippen LogP contribution in [0.15, 0.2) is 53.5 Å². The van der Waals surface area contributed by atoms with E-state index < -0.39 is 0 Å². The molecule has 2 aromatic heterocycles. The average Bonchev–Trinajstić information content (AvgIpc) is 3.07. The van der Waals surface area contributed by atoms with E-state index in [1.165, 1.54) is 4.57 Å². The third-order valence-electron chi connectivity index (χ3n) is 4.48. The Morgan fingerprint density at radius 3 is 2.72 bits per heavy atom. The summed E-state index contributed by atoms with van der Waals surface area (Å²) < 4.78 is 3.25. The molecule has 0 amide bonds. The summed E-state index contributed by atoms with van der Waals surface area (Å²) in [5.41, 5.74) is 1.60. The predicted octanol–water partition coefficient (Wildman–Crippen LogP) is 2.11. The van der Waals surface area contributed by atoms with Gasteiger partial charge in [0.2, 0.25) is 0 Å². The van der Waals surface area contributed by atoms with Gasteiger partial charge in [0.15, 0.2) is 0 Å². The molecule has 0 fully saturated rings. The number of aromatic nitrogens is 3. The van der Waals surface area contributed by atoms with E-state index in [0.717, 1.165) is 5.56 Å². The minimum atomic E-state index is -0.252. The van der Waals surface area contributed by atoms with Gasteiger partial charge in [0.25, 0.3) is 5.88 Å². The first-order valence-electron chi connectivity index (χ1n) is 7.86. The summed E-state index contributed by atoms with van der Waals surface area (Å²) in [4.78, 5) is 16.9. The number of fused-ring (bicyclic) bond motifs is 1. The van der Waals surface area contributed by atoms with Crippen molar-refractivity contribution in [1.29, 1.82) is 0 Å². The van der Waals surface area contributed by atoms with Crippen molar-refractivity contribution >= 4 is 17.5 Å². The Morgan fingerprint density at radius 2 is 2.04 bits per heavy atom. The second kappa shape index (κ2) is 5.89. The third kappa shape index (κ3) is 2.46. The Bertz CT molecular complexity index is 1000. The Labute approximate surface area is 149 Å². The highest BCUT2D eigenvalue weighted by Gasteiger charge is 2.37. The van der Waals surface area contributed by atoms with Crippen molar-refractivity contribution in [2.24, 2.45) is 7.05 Å². The van der Waals surface area contributed by atoms with Crippen molar-refractivity contribution in [3.63, 3.8) is 0 Å². The molecule has 6 nitrogen and oxygen atoms in total. The Hall–Kier alpha value is -2.86. The number of aromatic hydroxyl groups is 1. The average molecular weight is 356 g/mol. The second-order valence-electron chi connectivity index (χ2n) is 5.93. The lowest BCUT2D eigenvalue weighted by Crippen LogP contribution is -2.50. The molecular weight excluding hydrogens is 340 g/mol. The van der Waals surface area contributed by atoms with Crippen LogP contribution in [0, 0.1) is 0 Å². The summed E-state index contributed by atoms with van der Waals surface area (Å²) in [6.07, 6.45) is 1.68. The topological polar surface area (TPSA) is 71.0 Å². The van der Waals surface area contributed by atoms with Gasteiger partial charge in [0, 0.05) is 11.8 Å². The van der Waals surface area contributed by atoms with E-state index in [2.05, 4.69) is 10.3 Å². The Morgan fingerprint density at radius 1 is 1.28 bits per heavy atom. The lowest BCUT2D eigenvalue weighted by Gasteiger charge is -2.13. The van der Waals surface area contributed by atoms with Crippen LogP contribution in [0.5, 0.6) is 5.88 Å². The van der Waals surface area contributed by atoms with Crippen molar-refractivity contribution in [3.05, 3.63) is 69.7 Å². The molecule has 0 radical (unpaired) electrons. The van der Waals surface area contributed by atoms with Crippen LogP contribution >= 0.6 is 11.6 Å². The van der Waals surface area contributed by atoms with Gasteiger partial charge in [-0.3, -0.25) is 5.32 Å². The number of pyridine rings is 1. The summed E-state index contributed by atoms with van der Waals surface area (Å²) in [6.45, 7) is 0.544. The minimum absolute atomic E-state index is 0.0609. The van der Waals surface area contributed by atoms with Crippen LogP contribution in [-0.2, 0) is 7.05 Å². The van der Waals surface area contributed by atoms with Gasteiger partial charge < -0.3 is 5.11 Å². The first kappa shape index (κ1) is 15.7. The molecule has 0 saturated heterocycles. The monoisotopic (exact) mass is 355 g/mol. The number of hydrogen-bond acceptors (Lipinski definition) is 4. The van der Waals surface area contributed by atoms with Gasteiger partial charge in [0.05, 0.1) is 7.05 Å². The maximum absolute atomic E-state index is 12.8. The van der Waals surface area contributed by atoms with Crippen LogP contribution in [0.25, 0.3) is 11.1 Å². The molecular formula is C18H16ClN4O2+. The normalized spacial score (nSPS) is 15.7. The molecule has 0 saturated carbocycles. The molecule has 1 aliphatic heterocycles. The van der Waals surface area contributed by atoms with Gasteiger partial charge >= 0.3 is 11.5 Å². The van der Waals surface area contributed by atoms with Crippen molar-refractivity contribution in [1.82, 2.24) is 9.55 Å². The van der Waals surface area contributed by atoms with Gasteiger partial charge in [-0.05, 0) is 11.6 Å². The zero-order chi connectivity index (χ0) is 17.6. The zero-order valence-corrected chi connectivity index (χ0v) is 14.2. The third-order valence-corrected chi connectivity index (χ3v) is 4.70. The van der Waals surface area contributed by atoms with Crippen LogP contribution in [0.4, 0.5) is 5.95 Å². The van der Waals surface area contributed by atoms with Gasteiger partial charge in [-0.2, -0.15) is 9.13 Å². The van der Waals surface area contributed by atoms with Crippen LogP contribution in [-0.4, -0.2) is 21.2 Å². The van der Waals surface area contributed by atoms with Gasteiger partial charge in [-0.15, -0.1) is 0 Å². The maximum atomic E-state index is 12.8. The van der Waals surface area contributed by atoms with Crippen molar-refractivity contribution in [2.75, 3.05) is 11.9 Å². The summed E-state index contributed by atoms with van der Waals surface area (Å²) >= 11 is 5.87. The number of rotatable bonds is 2. The molecule has 4 rings (SSSR count). The fourth-order valence-corrected chi connectivity index (χ4v) is 3.34. The molecule has 3 aromatic rings. The Balaban J connectivity index is 1.95. The molecule has 1 atom stereocenters. The van der Waals surface area contributed by atoms with Crippen molar-refractivity contribution < 1.29 is 9.67 Å². The van der Waals surface area contributed by atoms with Crippen LogP contribution < -0.4 is 15.4 Å². The highest BCUT2D eigenvalue weighted by atomic mass is 35.5. The van der Waals surface area contributed by atoms with E-state index in [-0.39, 0.29) is 23.0 Å². The van der Waals surface area contributed by atoms with Crippen molar-refractivity contribution in [2.45, 2.75) is 6.04 Å². The number of halogens is 1. The molecule has 0 aliphatic carbocycles. The molecule has 0 bridgehead atoms.